The molecule has 0 amide bonds. The summed E-state index contributed by atoms with van der Waals surface area (Å²) in [6, 6.07) is 7.56. The Morgan fingerprint density at radius 3 is 2.75 bits per heavy atom. The van der Waals surface area contributed by atoms with Gasteiger partial charge in [0.1, 0.15) is 0 Å². The Bertz CT molecular complexity index is 456. The number of nitrogens with two attached hydrogens (primary N) is 1. The molecule has 1 saturated heterocycles. The van der Waals surface area contributed by atoms with Crippen molar-refractivity contribution in [2.24, 2.45) is 0 Å². The van der Waals surface area contributed by atoms with Gasteiger partial charge in [0, 0.05) is 39.1 Å². The van der Waals surface area contributed by atoms with Crippen LogP contribution in [0.15, 0.2) is 18.2 Å². The summed E-state index contributed by atoms with van der Waals surface area (Å²) in [5.41, 5.74) is 9.18. The van der Waals surface area contributed by atoms with Gasteiger partial charge in [0.05, 0.1) is 6.10 Å². The Balaban J connectivity index is 1.84. The number of aryl methyl sites for hydroxylation is 1. The fourth-order valence-corrected chi connectivity index (χ4v) is 3.22. The molecule has 20 heavy (non-hydrogen) atoms. The highest BCUT2D eigenvalue weighted by Gasteiger charge is 2.24. The van der Waals surface area contributed by atoms with Crippen LogP contribution in [0.1, 0.15) is 12.0 Å². The van der Waals surface area contributed by atoms with Crippen molar-refractivity contribution in [2.45, 2.75) is 45.1 Å². The molecule has 0 saturated carbocycles. The Labute approximate surface area is 124 Å². The van der Waals surface area contributed by atoms with E-state index in [1.807, 2.05) is 6.07 Å². The minimum absolute atomic E-state index is 0.393. The third-order valence-electron chi connectivity index (χ3n) is 3.97. The average molecular weight is 292 g/mol. The molecule has 0 radical (unpaired) electrons. The number of benzene rings is 1. The van der Waals surface area contributed by atoms with Crippen LogP contribution in [0.25, 0.3) is 0 Å². The van der Waals surface area contributed by atoms with Gasteiger partial charge in [0.25, 0.3) is 0 Å². The van der Waals surface area contributed by atoms with Crippen LogP contribution >= 0.6 is 0 Å². The lowest BCUT2D eigenvalue weighted by Crippen LogP contribution is -2.26. The first-order valence-corrected chi connectivity index (χ1v) is 11.3. The van der Waals surface area contributed by atoms with E-state index in [-0.39, 0.29) is 0 Å². The average Bonchev–Trinajstić information content (AvgIpc) is 2.80. The second-order valence-corrected chi connectivity index (χ2v) is 12.7. The minimum Gasteiger partial charge on any atom is -0.399 e. The number of hydrogen-bond acceptors (Lipinski definition) is 3. The van der Waals surface area contributed by atoms with Crippen molar-refractivity contribution in [2.75, 3.05) is 30.3 Å². The van der Waals surface area contributed by atoms with E-state index >= 15 is 0 Å². The lowest BCUT2D eigenvalue weighted by atomic mass is 10.2. The molecule has 4 heteroatoms. The molecule has 0 bridgehead atoms. The van der Waals surface area contributed by atoms with E-state index in [2.05, 4.69) is 43.6 Å². The largest absolute Gasteiger partial charge is 0.399 e. The van der Waals surface area contributed by atoms with Crippen molar-refractivity contribution in [3.8, 4) is 0 Å². The summed E-state index contributed by atoms with van der Waals surface area (Å²) in [5, 5.41) is 0. The Morgan fingerprint density at radius 1 is 1.35 bits per heavy atom. The summed E-state index contributed by atoms with van der Waals surface area (Å²) < 4.78 is 6.05. The topological polar surface area (TPSA) is 38.5 Å². The molecule has 1 aliphatic rings. The molecule has 0 spiro atoms. The minimum atomic E-state index is -0.976. The summed E-state index contributed by atoms with van der Waals surface area (Å²) in [6.45, 7) is 12.3. The molecule has 2 N–H and O–H groups in total. The number of hydrogen-bond donors (Lipinski definition) is 1. The molecule has 1 aromatic carbocycles. The SMILES string of the molecule is Cc1cc(N2CCC(OCC[Si](C)(C)C)C2)ccc1N. The van der Waals surface area contributed by atoms with E-state index in [1.165, 1.54) is 11.7 Å². The lowest BCUT2D eigenvalue weighted by Gasteiger charge is -2.21. The smallest absolute Gasteiger partial charge is 0.0766 e. The molecule has 1 fully saturated rings. The second-order valence-electron chi connectivity index (χ2n) is 7.08. The quantitative estimate of drug-likeness (QED) is 0.666. The van der Waals surface area contributed by atoms with Gasteiger partial charge >= 0.3 is 0 Å². The molecule has 1 heterocycles. The molecule has 1 aliphatic heterocycles. The molecule has 0 aliphatic carbocycles. The molecule has 0 aromatic heterocycles. The van der Waals surface area contributed by atoms with Gasteiger partial charge < -0.3 is 15.4 Å². The predicted octanol–water partition coefficient (Wildman–Crippen LogP) is 3.51. The molecule has 1 unspecified atom stereocenters. The first-order valence-electron chi connectivity index (χ1n) is 7.58. The van der Waals surface area contributed by atoms with Crippen LogP contribution in [0.4, 0.5) is 11.4 Å². The van der Waals surface area contributed by atoms with Crippen LogP contribution in [0.3, 0.4) is 0 Å². The van der Waals surface area contributed by atoms with Gasteiger partial charge in [-0.05, 0) is 43.2 Å². The molecule has 2 rings (SSSR count). The third-order valence-corrected chi connectivity index (χ3v) is 5.67. The van der Waals surface area contributed by atoms with E-state index in [9.17, 15) is 0 Å². The van der Waals surface area contributed by atoms with Crippen molar-refractivity contribution in [3.63, 3.8) is 0 Å². The standard InChI is InChI=1S/C16H28N2OSi/c1-13-11-14(5-6-16(13)17)18-8-7-15(12-18)19-9-10-20(2,3)4/h5-6,11,15H,7-10,12,17H2,1-4H3. The van der Waals surface area contributed by atoms with Crippen LogP contribution in [0, 0.1) is 6.92 Å². The van der Waals surface area contributed by atoms with E-state index in [0.717, 1.165) is 37.4 Å². The second kappa shape index (κ2) is 6.18. The van der Waals surface area contributed by atoms with Gasteiger partial charge in [0.15, 0.2) is 0 Å². The maximum atomic E-state index is 6.05. The van der Waals surface area contributed by atoms with Crippen LogP contribution < -0.4 is 10.6 Å². The lowest BCUT2D eigenvalue weighted by molar-refractivity contribution is 0.0781. The maximum Gasteiger partial charge on any atom is 0.0766 e. The van der Waals surface area contributed by atoms with E-state index in [0.29, 0.717) is 6.10 Å². The van der Waals surface area contributed by atoms with Gasteiger partial charge in [-0.15, -0.1) is 0 Å². The monoisotopic (exact) mass is 292 g/mol. The summed E-state index contributed by atoms with van der Waals surface area (Å²) >= 11 is 0. The van der Waals surface area contributed by atoms with Gasteiger partial charge in [-0.2, -0.15) is 0 Å². The Morgan fingerprint density at radius 2 is 2.10 bits per heavy atom. The van der Waals surface area contributed by atoms with Gasteiger partial charge in [-0.25, -0.2) is 0 Å². The third kappa shape index (κ3) is 4.25. The predicted molar refractivity (Wildman–Crippen MR) is 90.3 cm³/mol. The van der Waals surface area contributed by atoms with Gasteiger partial charge in [-0.3, -0.25) is 0 Å². The summed E-state index contributed by atoms with van der Waals surface area (Å²) in [7, 11) is -0.976. The zero-order chi connectivity index (χ0) is 14.8. The first kappa shape index (κ1) is 15.4. The number of ether oxygens (including phenoxy) is 1. The summed E-state index contributed by atoms with van der Waals surface area (Å²) in [5.74, 6) is 0. The highest BCUT2D eigenvalue weighted by Crippen LogP contribution is 2.25. The molecule has 1 aromatic rings. The van der Waals surface area contributed by atoms with Crippen molar-refractivity contribution in [1.29, 1.82) is 0 Å². The number of nitrogens with zero attached hydrogens (tertiary/aromatic N) is 1. The van der Waals surface area contributed by atoms with Crippen molar-refractivity contribution in [1.82, 2.24) is 0 Å². The molecular formula is C16H28N2OSi. The van der Waals surface area contributed by atoms with E-state index in [1.54, 1.807) is 0 Å². The summed E-state index contributed by atoms with van der Waals surface area (Å²) in [4.78, 5) is 2.41. The fourth-order valence-electron chi connectivity index (χ4n) is 2.49. The first-order chi connectivity index (χ1) is 9.35. The van der Waals surface area contributed by atoms with E-state index in [4.69, 9.17) is 10.5 Å². The van der Waals surface area contributed by atoms with Crippen LogP contribution in [-0.2, 0) is 4.74 Å². The zero-order valence-electron chi connectivity index (χ0n) is 13.3. The van der Waals surface area contributed by atoms with Crippen molar-refractivity contribution in [3.05, 3.63) is 23.8 Å². The number of nitrogen functional groups attached to an aromatic ring is 1. The summed E-state index contributed by atoms with van der Waals surface area (Å²) in [6.07, 6.45) is 1.53. The van der Waals surface area contributed by atoms with Crippen LogP contribution in [0.2, 0.25) is 25.7 Å². The maximum absolute atomic E-state index is 6.05. The molecule has 1 atom stereocenters. The highest BCUT2D eigenvalue weighted by atomic mass is 28.3. The Hall–Kier alpha value is -1.00. The van der Waals surface area contributed by atoms with Gasteiger partial charge in [0.2, 0.25) is 0 Å². The Kier molecular flexibility index (Phi) is 4.76. The number of rotatable bonds is 5. The van der Waals surface area contributed by atoms with Crippen LogP contribution in [-0.4, -0.2) is 33.9 Å². The molecule has 3 nitrogen and oxygen atoms in total. The molecular weight excluding hydrogens is 264 g/mol. The highest BCUT2D eigenvalue weighted by molar-refractivity contribution is 6.76. The zero-order valence-corrected chi connectivity index (χ0v) is 14.3. The molecule has 112 valence electrons. The van der Waals surface area contributed by atoms with Crippen molar-refractivity contribution < 1.29 is 4.74 Å². The number of anilines is 2. The van der Waals surface area contributed by atoms with Crippen LogP contribution in [0.5, 0.6) is 0 Å². The van der Waals surface area contributed by atoms with E-state index < -0.39 is 8.07 Å². The van der Waals surface area contributed by atoms with Crippen molar-refractivity contribution >= 4 is 19.4 Å². The normalized spacial score (nSPS) is 19.6. The van der Waals surface area contributed by atoms with Gasteiger partial charge in [-0.1, -0.05) is 19.6 Å². The fraction of sp³-hybridized carbons (Fsp3) is 0.625.